The number of rotatable bonds is 8. The number of hydrogen-bond acceptors (Lipinski definition) is 5. The van der Waals surface area contributed by atoms with Crippen molar-refractivity contribution in [3.63, 3.8) is 0 Å². The first-order valence-electron chi connectivity index (χ1n) is 7.77. The van der Waals surface area contributed by atoms with Crippen LogP contribution >= 0.6 is 12.2 Å². The molecule has 0 spiro atoms. The second kappa shape index (κ2) is 8.03. The summed E-state index contributed by atoms with van der Waals surface area (Å²) in [5.41, 5.74) is 0. The van der Waals surface area contributed by atoms with Crippen molar-refractivity contribution in [1.29, 1.82) is 0 Å². The Balaban J connectivity index is 1.99. The molecule has 0 amide bonds. The van der Waals surface area contributed by atoms with Gasteiger partial charge in [0, 0.05) is 26.2 Å². The topological polar surface area (TPSA) is 55.5 Å². The van der Waals surface area contributed by atoms with Crippen LogP contribution in [0.2, 0.25) is 0 Å². The van der Waals surface area contributed by atoms with E-state index in [1.165, 1.54) is 0 Å². The van der Waals surface area contributed by atoms with Crippen molar-refractivity contribution in [1.82, 2.24) is 19.2 Å². The smallest absolute Gasteiger partial charge is 0.199 e. The van der Waals surface area contributed by atoms with E-state index in [0.29, 0.717) is 23.2 Å². The largest absolute Gasteiger partial charge is 0.388 e. The van der Waals surface area contributed by atoms with E-state index in [-0.39, 0.29) is 6.61 Å². The summed E-state index contributed by atoms with van der Waals surface area (Å²) in [6, 6.07) is 0. The summed E-state index contributed by atoms with van der Waals surface area (Å²) in [5.74, 6) is 1.26. The summed E-state index contributed by atoms with van der Waals surface area (Å²) in [6.07, 6.45) is 2.14. The summed E-state index contributed by atoms with van der Waals surface area (Å²) in [5, 5.41) is 13.9. The lowest BCUT2D eigenvalue weighted by molar-refractivity contribution is 0.109. The predicted molar refractivity (Wildman–Crippen MR) is 83.4 cm³/mol. The lowest BCUT2D eigenvalue weighted by Crippen LogP contribution is -2.25. The molecule has 1 aromatic heterocycles. The van der Waals surface area contributed by atoms with Gasteiger partial charge in [0.1, 0.15) is 6.61 Å². The highest BCUT2D eigenvalue weighted by Crippen LogP contribution is 2.17. The van der Waals surface area contributed by atoms with E-state index in [4.69, 9.17) is 17.0 Å². The van der Waals surface area contributed by atoms with Crippen molar-refractivity contribution < 1.29 is 9.84 Å². The number of hydrogen-bond donors (Lipinski definition) is 1. The number of ether oxygens (including phenoxy) is 1. The Morgan fingerprint density at radius 1 is 1.43 bits per heavy atom. The molecule has 1 saturated heterocycles. The van der Waals surface area contributed by atoms with Gasteiger partial charge in [-0.05, 0) is 37.9 Å². The number of aliphatic hydroxyl groups excluding tert-OH is 1. The minimum absolute atomic E-state index is 0.0659. The van der Waals surface area contributed by atoms with E-state index in [2.05, 4.69) is 16.9 Å². The molecule has 0 aliphatic carbocycles. The van der Waals surface area contributed by atoms with Crippen LogP contribution in [0.15, 0.2) is 0 Å². The minimum atomic E-state index is -0.0659. The van der Waals surface area contributed by atoms with E-state index in [1.54, 1.807) is 0 Å². The minimum Gasteiger partial charge on any atom is -0.388 e. The van der Waals surface area contributed by atoms with Crippen LogP contribution in [0.5, 0.6) is 0 Å². The number of aromatic nitrogens is 3. The van der Waals surface area contributed by atoms with Crippen LogP contribution in [0.1, 0.15) is 32.5 Å². The Bertz CT molecular complexity index is 500. The third kappa shape index (κ3) is 4.12. The van der Waals surface area contributed by atoms with Crippen molar-refractivity contribution in [2.45, 2.75) is 46.5 Å². The number of nitrogens with zero attached hydrogens (tertiary/aromatic N) is 4. The molecule has 1 aliphatic rings. The quantitative estimate of drug-likeness (QED) is 0.739. The van der Waals surface area contributed by atoms with Gasteiger partial charge in [0.2, 0.25) is 0 Å². The number of aliphatic hydroxyl groups is 1. The molecule has 1 unspecified atom stereocenters. The molecular weight excluding hydrogens is 288 g/mol. The van der Waals surface area contributed by atoms with Crippen LogP contribution in [-0.2, 0) is 24.6 Å². The zero-order valence-corrected chi connectivity index (χ0v) is 13.8. The molecule has 21 heavy (non-hydrogen) atoms. The van der Waals surface area contributed by atoms with Gasteiger partial charge in [-0.1, -0.05) is 6.92 Å². The van der Waals surface area contributed by atoms with E-state index >= 15 is 0 Å². The van der Waals surface area contributed by atoms with Crippen LogP contribution in [0, 0.1) is 10.7 Å². The molecule has 7 heteroatoms. The summed E-state index contributed by atoms with van der Waals surface area (Å²) in [6.45, 7) is 9.26. The molecule has 6 nitrogen and oxygen atoms in total. The highest BCUT2D eigenvalue weighted by atomic mass is 32.1. The van der Waals surface area contributed by atoms with Gasteiger partial charge >= 0.3 is 0 Å². The van der Waals surface area contributed by atoms with Crippen LogP contribution in [0.25, 0.3) is 0 Å². The molecule has 0 aromatic carbocycles. The van der Waals surface area contributed by atoms with Gasteiger partial charge in [-0.2, -0.15) is 5.10 Å². The van der Waals surface area contributed by atoms with Gasteiger partial charge < -0.3 is 14.4 Å². The molecule has 120 valence electrons. The second-order valence-electron chi connectivity index (χ2n) is 5.54. The van der Waals surface area contributed by atoms with Crippen LogP contribution in [-0.4, -0.2) is 50.7 Å². The summed E-state index contributed by atoms with van der Waals surface area (Å²) in [4.78, 5) is 2.35. The maximum Gasteiger partial charge on any atom is 0.199 e. The van der Waals surface area contributed by atoms with Gasteiger partial charge in [0.25, 0.3) is 0 Å². The normalized spacial score (nSPS) is 19.5. The fraction of sp³-hybridized carbons (Fsp3) is 0.857. The van der Waals surface area contributed by atoms with Crippen LogP contribution in [0.4, 0.5) is 0 Å². The predicted octanol–water partition coefficient (Wildman–Crippen LogP) is 1.63. The summed E-state index contributed by atoms with van der Waals surface area (Å²) >= 11 is 5.48. The molecular formula is C14H26N4O2S. The maximum absolute atomic E-state index is 9.41. The molecule has 1 atom stereocenters. The second-order valence-corrected chi connectivity index (χ2v) is 5.91. The van der Waals surface area contributed by atoms with E-state index in [0.717, 1.165) is 45.7 Å². The first kappa shape index (κ1) is 16.6. The van der Waals surface area contributed by atoms with Crippen molar-refractivity contribution in [3.05, 3.63) is 10.6 Å². The molecule has 1 aliphatic heterocycles. The van der Waals surface area contributed by atoms with Crippen molar-refractivity contribution in [2.75, 3.05) is 26.3 Å². The van der Waals surface area contributed by atoms with E-state index < -0.39 is 0 Å². The molecule has 1 aromatic rings. The fourth-order valence-electron chi connectivity index (χ4n) is 2.79. The first-order valence-corrected chi connectivity index (χ1v) is 8.17. The average molecular weight is 314 g/mol. The van der Waals surface area contributed by atoms with Gasteiger partial charge in [-0.25, -0.2) is 4.68 Å². The Morgan fingerprint density at radius 2 is 2.24 bits per heavy atom. The zero-order chi connectivity index (χ0) is 15.2. The molecule has 0 saturated carbocycles. The van der Waals surface area contributed by atoms with Crippen molar-refractivity contribution >= 4 is 12.2 Å². The highest BCUT2D eigenvalue weighted by molar-refractivity contribution is 7.71. The average Bonchev–Trinajstić information content (AvgIpc) is 3.05. The van der Waals surface area contributed by atoms with Crippen molar-refractivity contribution in [2.24, 2.45) is 5.92 Å². The Labute approximate surface area is 131 Å². The van der Waals surface area contributed by atoms with E-state index in [9.17, 15) is 5.11 Å². The molecule has 1 fully saturated rings. The van der Waals surface area contributed by atoms with Gasteiger partial charge in [0.15, 0.2) is 10.6 Å². The van der Waals surface area contributed by atoms with Gasteiger partial charge in [-0.15, -0.1) is 0 Å². The van der Waals surface area contributed by atoms with Crippen molar-refractivity contribution in [3.8, 4) is 0 Å². The summed E-state index contributed by atoms with van der Waals surface area (Å²) < 4.78 is 9.97. The highest BCUT2D eigenvalue weighted by Gasteiger charge is 2.23. The molecule has 0 bridgehead atoms. The lowest BCUT2D eigenvalue weighted by Gasteiger charge is -2.15. The third-order valence-corrected chi connectivity index (χ3v) is 4.28. The van der Waals surface area contributed by atoms with Gasteiger partial charge in [-0.3, -0.25) is 4.90 Å². The Kier molecular flexibility index (Phi) is 6.35. The fourth-order valence-corrected chi connectivity index (χ4v) is 3.09. The monoisotopic (exact) mass is 314 g/mol. The third-order valence-electron chi connectivity index (χ3n) is 3.85. The van der Waals surface area contributed by atoms with Gasteiger partial charge in [0.05, 0.1) is 13.3 Å². The summed E-state index contributed by atoms with van der Waals surface area (Å²) in [7, 11) is 0. The Hall–Kier alpha value is -0.760. The molecule has 1 N–H and O–H groups in total. The standard InChI is InChI=1S/C14H26N4O2S/c1-3-6-17-13(9-19)15-18(14(17)21)11-16-7-5-12(8-16)10-20-4-2/h12,19H,3-11H2,1-2H3. The molecule has 0 radical (unpaired) electrons. The lowest BCUT2D eigenvalue weighted by atomic mass is 10.1. The Morgan fingerprint density at radius 3 is 2.90 bits per heavy atom. The first-order chi connectivity index (χ1) is 10.2. The van der Waals surface area contributed by atoms with E-state index in [1.807, 2.05) is 16.2 Å². The zero-order valence-electron chi connectivity index (χ0n) is 13.0. The van der Waals surface area contributed by atoms with Crippen LogP contribution < -0.4 is 0 Å². The molecule has 2 heterocycles. The van der Waals surface area contributed by atoms with Crippen LogP contribution in [0.3, 0.4) is 0 Å². The molecule has 2 rings (SSSR count). The maximum atomic E-state index is 9.41. The SMILES string of the molecule is CCCn1c(CO)nn(CN2CCC(COCC)C2)c1=S. The number of likely N-dealkylation sites (tertiary alicyclic amines) is 1.